The molecule has 0 bridgehead atoms. The van der Waals surface area contributed by atoms with Crippen molar-refractivity contribution in [2.75, 3.05) is 18.4 Å². The number of anilines is 1. The first-order chi connectivity index (χ1) is 17.6. The number of esters is 1. The van der Waals surface area contributed by atoms with Crippen LogP contribution in [0.3, 0.4) is 0 Å². The van der Waals surface area contributed by atoms with Crippen molar-refractivity contribution in [1.82, 2.24) is 20.6 Å². The molecular weight excluding hydrogens is 472 g/mol. The van der Waals surface area contributed by atoms with Crippen molar-refractivity contribution >= 4 is 23.7 Å². The Bertz CT molecular complexity index is 1050. The van der Waals surface area contributed by atoms with Crippen LogP contribution in [0.15, 0.2) is 42.7 Å². The number of nitrogens with zero attached hydrogens (tertiary/aromatic N) is 2. The first kappa shape index (κ1) is 28.0. The molecule has 1 aliphatic rings. The number of nitrogens with one attached hydrogen (secondary N) is 3. The number of hydrogen-bond donors (Lipinski definition) is 4. The number of benzene rings is 1. The molecule has 3 rings (SSSR count). The maximum Gasteiger partial charge on any atom is 0.306 e. The molecule has 2 amide bonds. The first-order valence-corrected chi connectivity index (χ1v) is 12.7. The van der Waals surface area contributed by atoms with Gasteiger partial charge in [0.25, 0.3) is 0 Å². The minimum absolute atomic E-state index is 0.0212. The Morgan fingerprint density at radius 3 is 2.27 bits per heavy atom. The molecular formula is C27H38N6O4. The van der Waals surface area contributed by atoms with Gasteiger partial charge in [-0.25, -0.2) is 9.97 Å². The van der Waals surface area contributed by atoms with Crippen molar-refractivity contribution in [3.8, 4) is 0 Å². The van der Waals surface area contributed by atoms with Crippen molar-refractivity contribution in [3.63, 3.8) is 0 Å². The number of fused-ring (bicyclic) bond motifs is 1. The lowest BCUT2D eigenvalue weighted by Gasteiger charge is -2.30. The van der Waals surface area contributed by atoms with E-state index in [0.717, 1.165) is 24.0 Å². The van der Waals surface area contributed by atoms with E-state index in [4.69, 9.17) is 10.5 Å². The molecule has 0 saturated heterocycles. The number of carbonyl (C=O) groups excluding carboxylic acids is 3. The molecule has 37 heavy (non-hydrogen) atoms. The second kappa shape index (κ2) is 12.6. The summed E-state index contributed by atoms with van der Waals surface area (Å²) in [6, 6.07) is 8.60. The summed E-state index contributed by atoms with van der Waals surface area (Å²) in [4.78, 5) is 46.7. The SMILES string of the molecule is CC(C)(C)OC(=O)CC[C@@H](N)C(=O)NC1(C(=O)NCCCCNc2ncccn2)Cc2ccccc2C1. The van der Waals surface area contributed by atoms with Crippen molar-refractivity contribution in [3.05, 3.63) is 53.9 Å². The van der Waals surface area contributed by atoms with E-state index in [2.05, 4.69) is 25.9 Å². The Morgan fingerprint density at radius 2 is 1.65 bits per heavy atom. The summed E-state index contributed by atoms with van der Waals surface area (Å²) in [5.41, 5.74) is 6.42. The third kappa shape index (κ3) is 8.52. The lowest BCUT2D eigenvalue weighted by molar-refractivity contribution is -0.155. The van der Waals surface area contributed by atoms with Crippen LogP contribution in [0.2, 0.25) is 0 Å². The lowest BCUT2D eigenvalue weighted by atomic mass is 9.93. The van der Waals surface area contributed by atoms with Gasteiger partial charge in [-0.2, -0.15) is 0 Å². The van der Waals surface area contributed by atoms with E-state index in [1.165, 1.54) is 0 Å². The average molecular weight is 511 g/mol. The molecule has 5 N–H and O–H groups in total. The zero-order chi connectivity index (χ0) is 26.9. The fourth-order valence-corrected chi connectivity index (χ4v) is 4.26. The minimum Gasteiger partial charge on any atom is -0.460 e. The second-order valence-electron chi connectivity index (χ2n) is 10.4. The Balaban J connectivity index is 1.53. The van der Waals surface area contributed by atoms with Crippen LogP contribution < -0.4 is 21.7 Å². The molecule has 10 nitrogen and oxygen atoms in total. The summed E-state index contributed by atoms with van der Waals surface area (Å²) < 4.78 is 5.30. The topological polar surface area (TPSA) is 148 Å². The Labute approximate surface area is 218 Å². The van der Waals surface area contributed by atoms with Crippen LogP contribution in [-0.4, -0.2) is 58.0 Å². The fourth-order valence-electron chi connectivity index (χ4n) is 4.26. The van der Waals surface area contributed by atoms with Crippen LogP contribution in [0.25, 0.3) is 0 Å². The van der Waals surface area contributed by atoms with E-state index in [-0.39, 0.29) is 18.7 Å². The zero-order valence-electron chi connectivity index (χ0n) is 21.9. The van der Waals surface area contributed by atoms with E-state index < -0.39 is 29.1 Å². The maximum absolute atomic E-state index is 13.4. The number of rotatable bonds is 12. The number of unbranched alkanes of at least 4 members (excludes halogenated alkanes) is 1. The van der Waals surface area contributed by atoms with Gasteiger partial charge in [0.1, 0.15) is 11.1 Å². The summed E-state index contributed by atoms with van der Waals surface area (Å²) >= 11 is 0. The average Bonchev–Trinajstić information content (AvgIpc) is 3.23. The maximum atomic E-state index is 13.4. The zero-order valence-corrected chi connectivity index (χ0v) is 21.9. The number of carbonyl (C=O) groups is 3. The summed E-state index contributed by atoms with van der Waals surface area (Å²) in [5, 5.41) is 9.06. The smallest absolute Gasteiger partial charge is 0.306 e. The van der Waals surface area contributed by atoms with Crippen LogP contribution in [0.4, 0.5) is 5.95 Å². The molecule has 1 aliphatic carbocycles. The molecule has 0 fully saturated rings. The van der Waals surface area contributed by atoms with Crippen LogP contribution in [0.5, 0.6) is 0 Å². The van der Waals surface area contributed by atoms with Crippen molar-refractivity contribution in [2.45, 2.75) is 76.5 Å². The summed E-state index contributed by atoms with van der Waals surface area (Å²) in [7, 11) is 0. The fraction of sp³-hybridized carbons (Fsp3) is 0.519. The number of aromatic nitrogens is 2. The lowest BCUT2D eigenvalue weighted by Crippen LogP contribution is -2.62. The third-order valence-corrected chi connectivity index (χ3v) is 6.05. The molecule has 1 atom stereocenters. The van der Waals surface area contributed by atoms with Gasteiger partial charge in [0.15, 0.2) is 0 Å². The normalized spacial score (nSPS) is 14.8. The molecule has 1 heterocycles. The van der Waals surface area contributed by atoms with Crippen LogP contribution in [0, 0.1) is 0 Å². The van der Waals surface area contributed by atoms with Gasteiger partial charge in [0.2, 0.25) is 17.8 Å². The van der Waals surface area contributed by atoms with E-state index in [1.54, 1.807) is 39.2 Å². The molecule has 10 heteroatoms. The van der Waals surface area contributed by atoms with E-state index in [9.17, 15) is 14.4 Å². The number of amides is 2. The number of nitrogens with two attached hydrogens (primary N) is 1. The molecule has 0 unspecified atom stereocenters. The Hall–Kier alpha value is -3.53. The monoisotopic (exact) mass is 510 g/mol. The predicted octanol–water partition coefficient (Wildman–Crippen LogP) is 1.89. The third-order valence-electron chi connectivity index (χ3n) is 6.05. The van der Waals surface area contributed by atoms with Gasteiger partial charge < -0.3 is 26.4 Å². The molecule has 0 radical (unpaired) electrons. The highest BCUT2D eigenvalue weighted by Gasteiger charge is 2.45. The van der Waals surface area contributed by atoms with Crippen molar-refractivity contribution in [1.29, 1.82) is 0 Å². The van der Waals surface area contributed by atoms with Crippen molar-refractivity contribution < 1.29 is 19.1 Å². The van der Waals surface area contributed by atoms with Crippen LogP contribution in [0.1, 0.15) is 57.6 Å². The quantitative estimate of drug-likeness (QED) is 0.250. The Morgan fingerprint density at radius 1 is 1.03 bits per heavy atom. The van der Waals surface area contributed by atoms with Gasteiger partial charge in [-0.05, 0) is 57.2 Å². The highest BCUT2D eigenvalue weighted by Crippen LogP contribution is 2.30. The molecule has 200 valence electrons. The van der Waals surface area contributed by atoms with Crippen LogP contribution >= 0.6 is 0 Å². The molecule has 0 spiro atoms. The Kier molecular flexibility index (Phi) is 9.57. The molecule has 0 aliphatic heterocycles. The molecule has 1 aromatic heterocycles. The standard InChI is InChI=1S/C27H38N6O4/c1-26(2,3)37-22(34)12-11-21(28)23(35)33-27(17-19-9-4-5-10-20(19)18-27)24(36)29-13-6-7-14-30-25-31-15-8-16-32-25/h4-5,8-10,15-16,21H,6-7,11-14,17-18,28H2,1-3H3,(H,29,36)(H,33,35)(H,30,31,32)/t21-/m1/s1. The summed E-state index contributed by atoms with van der Waals surface area (Å²) in [6.07, 6.45) is 5.82. The molecule has 0 saturated carbocycles. The van der Waals surface area contributed by atoms with Gasteiger partial charge in [-0.3, -0.25) is 14.4 Å². The number of hydrogen-bond acceptors (Lipinski definition) is 8. The first-order valence-electron chi connectivity index (χ1n) is 12.7. The van der Waals surface area contributed by atoms with Crippen molar-refractivity contribution in [2.24, 2.45) is 5.73 Å². The van der Waals surface area contributed by atoms with Gasteiger partial charge in [-0.1, -0.05) is 24.3 Å². The van der Waals surface area contributed by atoms with Gasteiger partial charge in [-0.15, -0.1) is 0 Å². The van der Waals surface area contributed by atoms with E-state index >= 15 is 0 Å². The van der Waals surface area contributed by atoms with Crippen LogP contribution in [-0.2, 0) is 32.0 Å². The summed E-state index contributed by atoms with van der Waals surface area (Å²) in [6.45, 7) is 6.50. The highest BCUT2D eigenvalue weighted by atomic mass is 16.6. The summed E-state index contributed by atoms with van der Waals surface area (Å²) in [5.74, 6) is -0.543. The van der Waals surface area contributed by atoms with E-state index in [0.29, 0.717) is 31.9 Å². The number of ether oxygens (including phenoxy) is 1. The van der Waals surface area contributed by atoms with E-state index in [1.807, 2.05) is 24.3 Å². The molecule has 2 aromatic rings. The van der Waals surface area contributed by atoms with Gasteiger partial charge in [0, 0.05) is 44.7 Å². The predicted molar refractivity (Wildman–Crippen MR) is 141 cm³/mol. The largest absolute Gasteiger partial charge is 0.460 e. The van der Waals surface area contributed by atoms with Gasteiger partial charge >= 0.3 is 5.97 Å². The minimum atomic E-state index is -1.12. The highest BCUT2D eigenvalue weighted by molar-refractivity contribution is 5.94. The van der Waals surface area contributed by atoms with Gasteiger partial charge in [0.05, 0.1) is 6.04 Å². The molecule has 1 aromatic carbocycles. The second-order valence-corrected chi connectivity index (χ2v) is 10.4.